The monoisotopic (exact) mass is 374 g/mol. The van der Waals surface area contributed by atoms with Gasteiger partial charge in [-0.3, -0.25) is 4.79 Å². The minimum absolute atomic E-state index is 0.0714. The van der Waals surface area contributed by atoms with Gasteiger partial charge < -0.3 is 19.9 Å². The fourth-order valence-corrected chi connectivity index (χ4v) is 4.53. The van der Waals surface area contributed by atoms with E-state index >= 15 is 0 Å². The summed E-state index contributed by atoms with van der Waals surface area (Å²) < 4.78 is 7.25. The fraction of sp³-hybridized carbons (Fsp3) is 0.286. The molecule has 0 radical (unpaired) electrons. The van der Waals surface area contributed by atoms with E-state index in [0.717, 1.165) is 0 Å². The highest BCUT2D eigenvalue weighted by molar-refractivity contribution is 6.19. The first-order chi connectivity index (χ1) is 13.3. The van der Waals surface area contributed by atoms with Gasteiger partial charge in [0, 0.05) is 28.6 Å². The lowest BCUT2D eigenvalue weighted by Gasteiger charge is -2.35. The molecule has 4 heterocycles. The first kappa shape index (κ1) is 16.6. The average Bonchev–Trinajstić information content (AvgIpc) is 3.29. The summed E-state index contributed by atoms with van der Waals surface area (Å²) in [5.74, 6) is -0.230. The number of benzene rings is 1. The fourth-order valence-electron chi connectivity index (χ4n) is 4.53. The van der Waals surface area contributed by atoms with Gasteiger partial charge >= 0.3 is 5.97 Å². The number of hydrogen-bond donors (Lipinski definition) is 2. The van der Waals surface area contributed by atoms with Crippen molar-refractivity contribution in [3.05, 3.63) is 58.4 Å². The number of nitriles is 1. The van der Waals surface area contributed by atoms with Gasteiger partial charge in [-0.25, -0.2) is 4.79 Å². The molecular weight excluding hydrogens is 356 g/mol. The Morgan fingerprint density at radius 1 is 1.21 bits per heavy atom. The summed E-state index contributed by atoms with van der Waals surface area (Å²) in [6, 6.07) is 9.52. The Kier molecular flexibility index (Phi) is 3.00. The van der Waals surface area contributed by atoms with Gasteiger partial charge in [-0.05, 0) is 26.8 Å². The van der Waals surface area contributed by atoms with Crippen LogP contribution in [0.5, 0.6) is 0 Å². The van der Waals surface area contributed by atoms with E-state index in [4.69, 9.17) is 4.74 Å². The number of carbonyl (C=O) groups is 2. The molecule has 2 aromatic rings. The van der Waals surface area contributed by atoms with Gasteiger partial charge in [-0.1, -0.05) is 18.2 Å². The number of rotatable bonds is 0. The van der Waals surface area contributed by atoms with Gasteiger partial charge in [0.2, 0.25) is 5.91 Å². The van der Waals surface area contributed by atoms with Crippen LogP contribution < -0.4 is 10.6 Å². The van der Waals surface area contributed by atoms with Crippen LogP contribution in [0.25, 0.3) is 0 Å². The molecule has 2 N–H and O–H groups in total. The SMILES string of the molecule is CC(C)(C)n1cc(C#N)c2c1NC1=C(C(=O)OC1)[C@]21C(=O)Nc2ccccc21. The number of para-hydroxylation sites is 1. The Morgan fingerprint density at radius 2 is 1.96 bits per heavy atom. The van der Waals surface area contributed by atoms with E-state index in [1.54, 1.807) is 12.3 Å². The third-order valence-corrected chi connectivity index (χ3v) is 5.64. The van der Waals surface area contributed by atoms with Crippen LogP contribution in [0, 0.1) is 11.3 Å². The molecular formula is C21H18N4O3. The van der Waals surface area contributed by atoms with Crippen LogP contribution in [-0.4, -0.2) is 23.1 Å². The van der Waals surface area contributed by atoms with Crippen LogP contribution in [0.2, 0.25) is 0 Å². The zero-order chi connectivity index (χ0) is 19.8. The summed E-state index contributed by atoms with van der Waals surface area (Å²) >= 11 is 0. The Hall–Kier alpha value is -3.53. The van der Waals surface area contributed by atoms with Gasteiger partial charge in [0.25, 0.3) is 0 Å². The molecule has 3 aliphatic heterocycles. The second kappa shape index (κ2) is 5.04. The van der Waals surface area contributed by atoms with E-state index in [1.807, 2.05) is 43.5 Å². The van der Waals surface area contributed by atoms with Gasteiger partial charge in [0.15, 0.2) is 0 Å². The van der Waals surface area contributed by atoms with Crippen LogP contribution in [0.4, 0.5) is 11.5 Å². The Bertz CT molecular complexity index is 1160. The molecule has 1 aromatic heterocycles. The molecule has 140 valence electrons. The number of anilines is 2. The summed E-state index contributed by atoms with van der Waals surface area (Å²) in [6.45, 7) is 6.13. The number of cyclic esters (lactones) is 1. The lowest BCUT2D eigenvalue weighted by molar-refractivity contribution is -0.137. The van der Waals surface area contributed by atoms with Crippen molar-refractivity contribution in [3.63, 3.8) is 0 Å². The molecule has 5 rings (SSSR count). The molecule has 1 aromatic carbocycles. The first-order valence-corrected chi connectivity index (χ1v) is 9.05. The molecule has 0 saturated heterocycles. The minimum atomic E-state index is -1.40. The second-order valence-corrected chi connectivity index (χ2v) is 8.22. The summed E-state index contributed by atoms with van der Waals surface area (Å²) in [4.78, 5) is 26.2. The molecule has 28 heavy (non-hydrogen) atoms. The summed E-state index contributed by atoms with van der Waals surface area (Å²) in [5, 5.41) is 16.1. The smallest absolute Gasteiger partial charge is 0.338 e. The number of nitrogens with zero attached hydrogens (tertiary/aromatic N) is 2. The molecule has 3 aliphatic rings. The van der Waals surface area contributed by atoms with Gasteiger partial charge in [-0.2, -0.15) is 5.26 Å². The van der Waals surface area contributed by atoms with Crippen LogP contribution in [0.3, 0.4) is 0 Å². The molecule has 1 amide bonds. The van der Waals surface area contributed by atoms with Gasteiger partial charge in [0.05, 0.1) is 16.8 Å². The third-order valence-electron chi connectivity index (χ3n) is 5.64. The molecule has 0 aliphatic carbocycles. The maximum absolute atomic E-state index is 13.5. The standard InChI is InChI=1S/C21H18N4O3/c1-20(2,3)25-9-11(8-22)15-17(25)23-14-10-28-18(26)16(14)21(15)12-6-4-5-7-13(12)24-19(21)27/h4-7,9,23H,10H2,1-3H3,(H,24,27)/t21-/m1/s1. The van der Waals surface area contributed by atoms with Crippen LogP contribution in [-0.2, 0) is 25.3 Å². The largest absolute Gasteiger partial charge is 0.456 e. The lowest BCUT2D eigenvalue weighted by Crippen LogP contribution is -2.44. The zero-order valence-electron chi connectivity index (χ0n) is 15.7. The molecule has 7 heteroatoms. The number of esters is 1. The zero-order valence-corrected chi connectivity index (χ0v) is 15.7. The number of ether oxygens (including phenoxy) is 1. The summed E-state index contributed by atoms with van der Waals surface area (Å²) in [7, 11) is 0. The van der Waals surface area contributed by atoms with Crippen molar-refractivity contribution in [2.45, 2.75) is 31.7 Å². The van der Waals surface area contributed by atoms with Crippen molar-refractivity contribution < 1.29 is 14.3 Å². The van der Waals surface area contributed by atoms with Crippen LogP contribution in [0.15, 0.2) is 41.7 Å². The average molecular weight is 374 g/mol. The van der Waals surface area contributed by atoms with Crippen molar-refractivity contribution in [1.29, 1.82) is 5.26 Å². The normalized spacial score (nSPS) is 22.2. The van der Waals surface area contributed by atoms with Crippen molar-refractivity contribution in [2.75, 3.05) is 17.2 Å². The molecule has 0 unspecified atom stereocenters. The number of aromatic nitrogens is 1. The number of amides is 1. The quantitative estimate of drug-likeness (QED) is 0.691. The highest BCUT2D eigenvalue weighted by Crippen LogP contribution is 2.56. The second-order valence-electron chi connectivity index (χ2n) is 8.22. The number of carbonyl (C=O) groups excluding carboxylic acids is 2. The Morgan fingerprint density at radius 3 is 2.68 bits per heavy atom. The number of hydrogen-bond acceptors (Lipinski definition) is 5. The first-order valence-electron chi connectivity index (χ1n) is 9.05. The summed E-state index contributed by atoms with van der Waals surface area (Å²) in [5.41, 5.74) is 1.26. The highest BCUT2D eigenvalue weighted by atomic mass is 16.5. The maximum Gasteiger partial charge on any atom is 0.338 e. The molecule has 1 atom stereocenters. The van der Waals surface area contributed by atoms with Crippen molar-refractivity contribution >= 4 is 23.4 Å². The predicted molar refractivity (Wildman–Crippen MR) is 102 cm³/mol. The van der Waals surface area contributed by atoms with Gasteiger partial charge in [0.1, 0.15) is 23.9 Å². The van der Waals surface area contributed by atoms with Crippen LogP contribution in [0.1, 0.15) is 37.5 Å². The van der Waals surface area contributed by atoms with E-state index in [-0.39, 0.29) is 23.6 Å². The van der Waals surface area contributed by atoms with E-state index < -0.39 is 11.4 Å². The molecule has 0 bridgehead atoms. The maximum atomic E-state index is 13.5. The molecule has 1 spiro atoms. The molecule has 0 fully saturated rings. The Labute approximate surface area is 161 Å². The lowest BCUT2D eigenvalue weighted by atomic mass is 9.67. The topological polar surface area (TPSA) is 96.2 Å². The molecule has 0 saturated carbocycles. The van der Waals surface area contributed by atoms with Crippen molar-refractivity contribution in [1.82, 2.24) is 4.57 Å². The highest BCUT2D eigenvalue weighted by Gasteiger charge is 2.61. The van der Waals surface area contributed by atoms with E-state index in [2.05, 4.69) is 16.7 Å². The third kappa shape index (κ3) is 1.77. The van der Waals surface area contributed by atoms with Crippen molar-refractivity contribution in [3.8, 4) is 6.07 Å². The van der Waals surface area contributed by atoms with Gasteiger partial charge in [-0.15, -0.1) is 0 Å². The number of fused-ring (bicyclic) bond motifs is 5. The Balaban J connectivity index is 1.96. The van der Waals surface area contributed by atoms with Crippen molar-refractivity contribution in [2.24, 2.45) is 0 Å². The van der Waals surface area contributed by atoms with Crippen LogP contribution >= 0.6 is 0 Å². The van der Waals surface area contributed by atoms with E-state index in [0.29, 0.717) is 33.9 Å². The summed E-state index contributed by atoms with van der Waals surface area (Å²) in [6.07, 6.45) is 1.75. The van der Waals surface area contributed by atoms with E-state index in [9.17, 15) is 14.9 Å². The minimum Gasteiger partial charge on any atom is -0.456 e. The molecule has 7 nitrogen and oxygen atoms in total. The number of nitrogens with one attached hydrogen (secondary N) is 2. The van der Waals surface area contributed by atoms with E-state index in [1.165, 1.54) is 0 Å². The predicted octanol–water partition coefficient (Wildman–Crippen LogP) is 2.59.